The first-order chi connectivity index (χ1) is 17.8. The first-order valence-electron chi connectivity index (χ1n) is 12.1. The van der Waals surface area contributed by atoms with Crippen LogP contribution in [0, 0.1) is 12.8 Å². The molecule has 1 unspecified atom stereocenters. The Bertz CT molecular complexity index is 1330. The molecule has 192 valence electrons. The number of anilines is 1. The number of hydrogen-bond acceptors (Lipinski definition) is 7. The standard InChI is InChI=1S/C27H30N6O4/c1-18(2)13-14-28-27(36)25(23-8-5-15-37-23)33(21-6-4-7-22(34)16-21)24(35)17-32-30-26(29-31-32)20-11-9-19(3)10-12-20/h4-12,15-16,18,25,34H,13-14,17H2,1-3H3,(H,28,36). The number of rotatable bonds is 10. The molecule has 2 heterocycles. The Morgan fingerprint density at radius 1 is 1.11 bits per heavy atom. The SMILES string of the molecule is Cc1ccc(-c2nnn(CC(=O)N(c3cccc(O)c3)C(C(=O)NCCC(C)C)c3ccco3)n2)cc1. The van der Waals surface area contributed by atoms with Crippen LogP contribution in [0.5, 0.6) is 5.75 Å². The second-order valence-corrected chi connectivity index (χ2v) is 9.18. The van der Waals surface area contributed by atoms with E-state index in [9.17, 15) is 14.7 Å². The number of nitrogens with zero attached hydrogens (tertiary/aromatic N) is 5. The van der Waals surface area contributed by atoms with Crippen LogP contribution in [-0.2, 0) is 16.1 Å². The lowest BCUT2D eigenvalue weighted by Gasteiger charge is -2.30. The van der Waals surface area contributed by atoms with Gasteiger partial charge in [-0.3, -0.25) is 14.5 Å². The van der Waals surface area contributed by atoms with Crippen molar-refractivity contribution in [1.82, 2.24) is 25.5 Å². The summed E-state index contributed by atoms with van der Waals surface area (Å²) >= 11 is 0. The molecule has 0 spiro atoms. The maximum atomic E-state index is 13.7. The number of phenols is 1. The second-order valence-electron chi connectivity index (χ2n) is 9.18. The van der Waals surface area contributed by atoms with Gasteiger partial charge in [0.1, 0.15) is 18.1 Å². The van der Waals surface area contributed by atoms with E-state index in [1.807, 2.05) is 31.2 Å². The molecule has 4 rings (SSSR count). The molecule has 0 saturated heterocycles. The van der Waals surface area contributed by atoms with E-state index in [0.717, 1.165) is 17.5 Å². The van der Waals surface area contributed by atoms with Gasteiger partial charge in [0, 0.05) is 23.9 Å². The highest BCUT2D eigenvalue weighted by Crippen LogP contribution is 2.31. The van der Waals surface area contributed by atoms with Gasteiger partial charge < -0.3 is 14.8 Å². The van der Waals surface area contributed by atoms with Crippen LogP contribution in [0.15, 0.2) is 71.3 Å². The van der Waals surface area contributed by atoms with Gasteiger partial charge in [0.25, 0.3) is 11.8 Å². The zero-order valence-corrected chi connectivity index (χ0v) is 21.0. The van der Waals surface area contributed by atoms with Gasteiger partial charge in [0.2, 0.25) is 5.82 Å². The summed E-state index contributed by atoms with van der Waals surface area (Å²) in [5.74, 6) is 0.121. The Balaban J connectivity index is 1.65. The molecule has 0 aliphatic heterocycles. The van der Waals surface area contributed by atoms with Crippen molar-refractivity contribution in [1.29, 1.82) is 0 Å². The summed E-state index contributed by atoms with van der Waals surface area (Å²) in [7, 11) is 0. The molecule has 10 nitrogen and oxygen atoms in total. The highest BCUT2D eigenvalue weighted by atomic mass is 16.3. The number of benzene rings is 2. The summed E-state index contributed by atoms with van der Waals surface area (Å²) in [6.45, 7) is 6.27. The van der Waals surface area contributed by atoms with E-state index in [4.69, 9.17) is 4.42 Å². The minimum atomic E-state index is -1.11. The van der Waals surface area contributed by atoms with Gasteiger partial charge in [-0.05, 0) is 48.7 Å². The average Bonchev–Trinajstić information content (AvgIpc) is 3.55. The van der Waals surface area contributed by atoms with E-state index >= 15 is 0 Å². The summed E-state index contributed by atoms with van der Waals surface area (Å²) in [6, 6.07) is 16.0. The normalized spacial score (nSPS) is 11.9. The van der Waals surface area contributed by atoms with E-state index in [0.29, 0.717) is 24.0 Å². The van der Waals surface area contributed by atoms with Gasteiger partial charge in [0.05, 0.1) is 6.26 Å². The minimum absolute atomic E-state index is 0.0470. The van der Waals surface area contributed by atoms with E-state index in [-0.39, 0.29) is 18.1 Å². The van der Waals surface area contributed by atoms with E-state index < -0.39 is 17.9 Å². The number of carbonyl (C=O) groups is 2. The maximum absolute atomic E-state index is 13.7. The van der Waals surface area contributed by atoms with Crippen LogP contribution in [0.25, 0.3) is 11.4 Å². The van der Waals surface area contributed by atoms with Crippen LogP contribution in [-0.4, -0.2) is 43.7 Å². The molecule has 2 aromatic heterocycles. The number of phenolic OH excluding ortho intramolecular Hbond substituents is 1. The highest BCUT2D eigenvalue weighted by Gasteiger charge is 2.35. The van der Waals surface area contributed by atoms with Crippen LogP contribution in [0.4, 0.5) is 5.69 Å². The monoisotopic (exact) mass is 502 g/mol. The zero-order valence-electron chi connectivity index (χ0n) is 21.0. The van der Waals surface area contributed by atoms with Crippen molar-refractivity contribution in [3.63, 3.8) is 0 Å². The van der Waals surface area contributed by atoms with E-state index in [2.05, 4.69) is 34.6 Å². The summed E-state index contributed by atoms with van der Waals surface area (Å²) in [6.07, 6.45) is 2.23. The van der Waals surface area contributed by atoms with E-state index in [1.54, 1.807) is 24.3 Å². The molecular formula is C27H30N6O4. The van der Waals surface area contributed by atoms with Crippen molar-refractivity contribution in [2.45, 2.75) is 39.8 Å². The summed E-state index contributed by atoms with van der Waals surface area (Å²) in [5, 5.41) is 25.5. The van der Waals surface area contributed by atoms with Crippen molar-refractivity contribution < 1.29 is 19.1 Å². The number of carbonyl (C=O) groups excluding carboxylic acids is 2. The molecule has 4 aromatic rings. The van der Waals surface area contributed by atoms with Gasteiger partial charge in [0.15, 0.2) is 6.04 Å². The van der Waals surface area contributed by atoms with Crippen LogP contribution < -0.4 is 10.2 Å². The molecule has 0 saturated carbocycles. The lowest BCUT2D eigenvalue weighted by atomic mass is 10.1. The van der Waals surface area contributed by atoms with Gasteiger partial charge in [-0.25, -0.2) is 0 Å². The highest BCUT2D eigenvalue weighted by molar-refractivity contribution is 6.01. The topological polar surface area (TPSA) is 126 Å². The van der Waals surface area contributed by atoms with Gasteiger partial charge in [-0.2, -0.15) is 4.80 Å². The molecule has 0 aliphatic carbocycles. The van der Waals surface area contributed by atoms with Crippen LogP contribution >= 0.6 is 0 Å². The number of amides is 2. The van der Waals surface area contributed by atoms with Crippen molar-refractivity contribution in [2.24, 2.45) is 5.92 Å². The molecule has 2 aromatic carbocycles. The number of aromatic hydroxyl groups is 1. The average molecular weight is 503 g/mol. The molecule has 37 heavy (non-hydrogen) atoms. The Morgan fingerprint density at radius 3 is 2.57 bits per heavy atom. The number of aryl methyl sites for hydroxylation is 1. The summed E-state index contributed by atoms with van der Waals surface area (Å²) in [4.78, 5) is 29.6. The van der Waals surface area contributed by atoms with Crippen LogP contribution in [0.3, 0.4) is 0 Å². The zero-order chi connectivity index (χ0) is 26.4. The third-order valence-corrected chi connectivity index (χ3v) is 5.76. The smallest absolute Gasteiger partial charge is 0.251 e. The maximum Gasteiger partial charge on any atom is 0.251 e. The molecule has 2 amide bonds. The quantitative estimate of drug-likeness (QED) is 0.337. The Hall–Kier alpha value is -4.47. The van der Waals surface area contributed by atoms with Crippen molar-refractivity contribution in [3.8, 4) is 17.1 Å². The van der Waals surface area contributed by atoms with Crippen LogP contribution in [0.1, 0.15) is 37.6 Å². The number of nitrogens with one attached hydrogen (secondary N) is 1. The van der Waals surface area contributed by atoms with Crippen molar-refractivity contribution >= 4 is 17.5 Å². The molecule has 1 atom stereocenters. The van der Waals surface area contributed by atoms with Gasteiger partial charge >= 0.3 is 0 Å². The van der Waals surface area contributed by atoms with Gasteiger partial charge in [-0.15, -0.1) is 10.2 Å². The lowest BCUT2D eigenvalue weighted by molar-refractivity contribution is -0.127. The number of hydrogen-bond donors (Lipinski definition) is 2. The number of furan rings is 1. The fourth-order valence-electron chi connectivity index (χ4n) is 3.81. The first-order valence-corrected chi connectivity index (χ1v) is 12.1. The predicted octanol–water partition coefficient (Wildman–Crippen LogP) is 3.88. The fraction of sp³-hybridized carbons (Fsp3) is 0.296. The number of tetrazole rings is 1. The van der Waals surface area contributed by atoms with Gasteiger partial charge in [-0.1, -0.05) is 49.7 Å². The molecule has 10 heteroatoms. The fourth-order valence-corrected chi connectivity index (χ4v) is 3.81. The summed E-state index contributed by atoms with van der Waals surface area (Å²) < 4.78 is 5.58. The van der Waals surface area contributed by atoms with Crippen LogP contribution in [0.2, 0.25) is 0 Å². The Kier molecular flexibility index (Phi) is 7.97. The van der Waals surface area contributed by atoms with E-state index in [1.165, 1.54) is 28.1 Å². The molecule has 0 bridgehead atoms. The largest absolute Gasteiger partial charge is 0.508 e. The molecular weight excluding hydrogens is 472 g/mol. The van der Waals surface area contributed by atoms with Crippen molar-refractivity contribution in [2.75, 3.05) is 11.4 Å². The molecule has 0 aliphatic rings. The lowest BCUT2D eigenvalue weighted by Crippen LogP contribution is -2.45. The summed E-state index contributed by atoms with van der Waals surface area (Å²) in [5.41, 5.74) is 2.19. The number of aromatic nitrogens is 4. The third-order valence-electron chi connectivity index (χ3n) is 5.76. The predicted molar refractivity (Wildman–Crippen MR) is 137 cm³/mol. The molecule has 0 radical (unpaired) electrons. The van der Waals surface area contributed by atoms with Crippen molar-refractivity contribution in [3.05, 3.63) is 78.3 Å². The Morgan fingerprint density at radius 2 is 1.89 bits per heavy atom. The molecule has 2 N–H and O–H groups in total. The second kappa shape index (κ2) is 11.5. The first kappa shape index (κ1) is 25.6. The molecule has 0 fully saturated rings. The minimum Gasteiger partial charge on any atom is -0.508 e. The third kappa shape index (κ3) is 6.40. The Labute approximate surface area is 214 Å².